The maximum Gasteiger partial charge on any atom is 0.222 e. The number of primary amides is 1. The normalized spacial score (nSPS) is 16.6. The number of anilines is 2. The number of hydrogen-bond acceptors (Lipinski definition) is 10. The van der Waals surface area contributed by atoms with Crippen LogP contribution >= 0.6 is 0 Å². The number of aromatic nitrogens is 6. The molecule has 0 radical (unpaired) electrons. The number of ether oxygens (including phenoxy) is 1. The van der Waals surface area contributed by atoms with Gasteiger partial charge >= 0.3 is 0 Å². The highest BCUT2D eigenvalue weighted by Gasteiger charge is 2.37. The standard InChI is InChI=1S/C27H30N10O2/c1-4-39-25-8-5-17(14-31-25)20-12-24-30-15-18(11-22(29)38)26(37(24)35-20)32-21-9-10-36(16-27(21,2)3)23-7-6-19(13-28)33-34-23/h5-8,12,14-15,21,32H,4,9-11,16H2,1-3H3,(H2,29,38)/t21-/m1/s1. The molecule has 12 heteroatoms. The van der Waals surface area contributed by atoms with Crippen molar-refractivity contribution in [2.45, 2.75) is 39.7 Å². The van der Waals surface area contributed by atoms with Crippen molar-refractivity contribution in [2.24, 2.45) is 11.1 Å². The van der Waals surface area contributed by atoms with Crippen molar-refractivity contribution in [3.8, 4) is 23.2 Å². The van der Waals surface area contributed by atoms with E-state index in [9.17, 15) is 4.79 Å². The van der Waals surface area contributed by atoms with E-state index >= 15 is 0 Å². The highest BCUT2D eigenvalue weighted by molar-refractivity contribution is 5.78. The summed E-state index contributed by atoms with van der Waals surface area (Å²) in [4.78, 5) is 23.0. The Morgan fingerprint density at radius 2 is 2.08 bits per heavy atom. The summed E-state index contributed by atoms with van der Waals surface area (Å²) < 4.78 is 7.19. The van der Waals surface area contributed by atoms with Crippen molar-refractivity contribution in [3.63, 3.8) is 0 Å². The van der Waals surface area contributed by atoms with E-state index in [1.807, 2.05) is 37.3 Å². The van der Waals surface area contributed by atoms with Gasteiger partial charge in [0.25, 0.3) is 0 Å². The topological polar surface area (TPSA) is 160 Å². The number of nitrogens with two attached hydrogens (primary N) is 1. The molecule has 0 aromatic carbocycles. The van der Waals surface area contributed by atoms with Crippen molar-refractivity contribution < 1.29 is 9.53 Å². The number of hydrogen-bond donors (Lipinski definition) is 2. The molecule has 1 aliphatic heterocycles. The minimum atomic E-state index is -0.448. The van der Waals surface area contributed by atoms with E-state index in [1.54, 1.807) is 23.0 Å². The Balaban J connectivity index is 1.44. The Hall–Kier alpha value is -4.79. The van der Waals surface area contributed by atoms with Crippen LogP contribution in [0.1, 0.15) is 38.4 Å². The molecule has 0 spiro atoms. The number of nitrogens with one attached hydrogen (secondary N) is 1. The minimum absolute atomic E-state index is 0.0329. The van der Waals surface area contributed by atoms with E-state index in [0.29, 0.717) is 41.8 Å². The van der Waals surface area contributed by atoms with Crippen LogP contribution in [0.25, 0.3) is 16.9 Å². The summed E-state index contributed by atoms with van der Waals surface area (Å²) in [5.41, 5.74) is 8.51. The van der Waals surface area contributed by atoms with Gasteiger partial charge < -0.3 is 20.7 Å². The summed E-state index contributed by atoms with van der Waals surface area (Å²) in [7, 11) is 0. The van der Waals surface area contributed by atoms with Gasteiger partial charge in [-0.25, -0.2) is 9.97 Å². The van der Waals surface area contributed by atoms with Crippen molar-refractivity contribution in [1.29, 1.82) is 5.26 Å². The smallest absolute Gasteiger partial charge is 0.222 e. The molecule has 0 saturated carbocycles. The molecule has 5 heterocycles. The second-order valence-electron chi connectivity index (χ2n) is 10.2. The van der Waals surface area contributed by atoms with Gasteiger partial charge in [0, 0.05) is 60.2 Å². The van der Waals surface area contributed by atoms with E-state index in [1.165, 1.54) is 0 Å². The Morgan fingerprint density at radius 3 is 2.72 bits per heavy atom. The first kappa shape index (κ1) is 25.8. The zero-order chi connectivity index (χ0) is 27.6. The summed E-state index contributed by atoms with van der Waals surface area (Å²) in [5.74, 6) is 1.53. The average Bonchev–Trinajstić information content (AvgIpc) is 3.36. The molecule has 1 atom stereocenters. The molecular formula is C27H30N10O2. The van der Waals surface area contributed by atoms with Gasteiger partial charge in [-0.1, -0.05) is 13.8 Å². The van der Waals surface area contributed by atoms with Crippen LogP contribution in [-0.4, -0.2) is 61.4 Å². The summed E-state index contributed by atoms with van der Waals surface area (Å²) in [6, 6.07) is 11.2. The number of nitriles is 1. The molecule has 1 amide bonds. The quantitative estimate of drug-likeness (QED) is 0.349. The van der Waals surface area contributed by atoms with Gasteiger partial charge in [0.15, 0.2) is 17.2 Å². The van der Waals surface area contributed by atoms with Gasteiger partial charge in [-0.3, -0.25) is 4.79 Å². The number of pyridine rings is 1. The molecule has 1 aliphatic rings. The van der Waals surface area contributed by atoms with Gasteiger partial charge in [-0.05, 0) is 31.5 Å². The maximum atomic E-state index is 11.9. The zero-order valence-corrected chi connectivity index (χ0v) is 22.1. The maximum absolute atomic E-state index is 11.9. The molecule has 4 aromatic rings. The molecule has 3 N–H and O–H groups in total. The first-order valence-corrected chi connectivity index (χ1v) is 12.8. The zero-order valence-electron chi connectivity index (χ0n) is 22.1. The SMILES string of the molecule is CCOc1ccc(-c2cc3ncc(CC(N)=O)c(N[C@@H]4CCN(c5ccc(C#N)nn5)CC4(C)C)n3n2)cn1. The van der Waals surface area contributed by atoms with Crippen LogP contribution in [0.15, 0.2) is 42.7 Å². The van der Waals surface area contributed by atoms with Crippen LogP contribution < -0.4 is 20.7 Å². The lowest BCUT2D eigenvalue weighted by Gasteiger charge is -2.45. The molecule has 0 aliphatic carbocycles. The number of piperidine rings is 1. The van der Waals surface area contributed by atoms with E-state index in [4.69, 9.17) is 20.8 Å². The Kier molecular flexibility index (Phi) is 6.98. The van der Waals surface area contributed by atoms with E-state index < -0.39 is 5.91 Å². The molecule has 0 unspecified atom stereocenters. The number of carbonyl (C=O) groups excluding carboxylic acids is 1. The largest absolute Gasteiger partial charge is 0.478 e. The van der Waals surface area contributed by atoms with Gasteiger partial charge in [0.1, 0.15) is 11.9 Å². The molecule has 1 fully saturated rings. The van der Waals surface area contributed by atoms with E-state index in [-0.39, 0.29) is 23.6 Å². The number of amides is 1. The lowest BCUT2D eigenvalue weighted by atomic mass is 9.79. The van der Waals surface area contributed by atoms with Crippen LogP contribution in [-0.2, 0) is 11.2 Å². The lowest BCUT2D eigenvalue weighted by Crippen LogP contribution is -2.52. The van der Waals surface area contributed by atoms with E-state index in [0.717, 1.165) is 24.3 Å². The van der Waals surface area contributed by atoms with Crippen LogP contribution in [0.4, 0.5) is 11.6 Å². The fourth-order valence-corrected chi connectivity index (χ4v) is 4.88. The van der Waals surface area contributed by atoms with Crippen LogP contribution in [0, 0.1) is 16.7 Å². The number of nitrogens with zero attached hydrogens (tertiary/aromatic N) is 8. The summed E-state index contributed by atoms with van der Waals surface area (Å²) >= 11 is 0. The van der Waals surface area contributed by atoms with E-state index in [2.05, 4.69) is 44.2 Å². The van der Waals surface area contributed by atoms with Crippen molar-refractivity contribution >= 4 is 23.2 Å². The highest BCUT2D eigenvalue weighted by Crippen LogP contribution is 2.34. The van der Waals surface area contributed by atoms with Crippen molar-refractivity contribution in [2.75, 3.05) is 29.9 Å². The second-order valence-corrected chi connectivity index (χ2v) is 10.2. The monoisotopic (exact) mass is 526 g/mol. The predicted octanol–water partition coefficient (Wildman–Crippen LogP) is 2.60. The summed E-state index contributed by atoms with van der Waals surface area (Å²) in [6.45, 7) is 8.27. The van der Waals surface area contributed by atoms with Gasteiger partial charge in [-0.2, -0.15) is 14.9 Å². The molecule has 5 rings (SSSR count). The van der Waals surface area contributed by atoms with Crippen LogP contribution in [0.2, 0.25) is 0 Å². The van der Waals surface area contributed by atoms with Gasteiger partial charge in [0.05, 0.1) is 18.7 Å². The second kappa shape index (κ2) is 10.5. The Morgan fingerprint density at radius 1 is 1.23 bits per heavy atom. The first-order chi connectivity index (χ1) is 18.8. The average molecular weight is 527 g/mol. The Bertz CT molecular complexity index is 1520. The fraction of sp³-hybridized carbons (Fsp3) is 0.370. The number of rotatable bonds is 8. The van der Waals surface area contributed by atoms with Gasteiger partial charge in [-0.15, -0.1) is 10.2 Å². The van der Waals surface area contributed by atoms with Crippen LogP contribution in [0.5, 0.6) is 5.88 Å². The third kappa shape index (κ3) is 5.43. The van der Waals surface area contributed by atoms with Crippen molar-refractivity contribution in [3.05, 3.63) is 54.0 Å². The molecule has 1 saturated heterocycles. The Labute approximate surface area is 225 Å². The predicted molar refractivity (Wildman–Crippen MR) is 145 cm³/mol. The minimum Gasteiger partial charge on any atom is -0.478 e. The molecular weight excluding hydrogens is 496 g/mol. The molecule has 200 valence electrons. The summed E-state index contributed by atoms with van der Waals surface area (Å²) in [5, 5.41) is 25.7. The highest BCUT2D eigenvalue weighted by atomic mass is 16.5. The summed E-state index contributed by atoms with van der Waals surface area (Å²) in [6.07, 6.45) is 4.23. The molecule has 39 heavy (non-hydrogen) atoms. The van der Waals surface area contributed by atoms with Crippen molar-refractivity contribution in [1.82, 2.24) is 29.8 Å². The first-order valence-electron chi connectivity index (χ1n) is 12.8. The van der Waals surface area contributed by atoms with Crippen LogP contribution in [0.3, 0.4) is 0 Å². The van der Waals surface area contributed by atoms with Gasteiger partial charge in [0.2, 0.25) is 11.8 Å². The third-order valence-electron chi connectivity index (χ3n) is 6.88. The third-order valence-corrected chi connectivity index (χ3v) is 6.88. The molecule has 4 aromatic heterocycles. The number of fused-ring (bicyclic) bond motifs is 1. The number of carbonyl (C=O) groups is 1. The molecule has 0 bridgehead atoms. The molecule has 12 nitrogen and oxygen atoms in total. The fourth-order valence-electron chi connectivity index (χ4n) is 4.88. The lowest BCUT2D eigenvalue weighted by molar-refractivity contribution is -0.117.